The van der Waals surface area contributed by atoms with Gasteiger partial charge in [-0.25, -0.2) is 4.79 Å². The van der Waals surface area contributed by atoms with Crippen LogP contribution in [-0.2, 0) is 28.7 Å². The molecular weight excluding hydrogens is 590 g/mol. The van der Waals surface area contributed by atoms with Crippen LogP contribution in [-0.4, -0.2) is 66.5 Å². The molecule has 4 rings (SSSR count). The summed E-state index contributed by atoms with van der Waals surface area (Å²) in [6, 6.07) is 3.95. The van der Waals surface area contributed by atoms with E-state index in [1.165, 1.54) is 17.0 Å². The van der Waals surface area contributed by atoms with Gasteiger partial charge in [-0.15, -0.1) is 12.4 Å². The van der Waals surface area contributed by atoms with Crippen molar-refractivity contribution in [1.82, 2.24) is 10.2 Å². The molecular formula is C24H31BrClN3O7S. The van der Waals surface area contributed by atoms with Gasteiger partial charge >= 0.3 is 5.97 Å². The molecule has 10 nitrogen and oxygen atoms in total. The third kappa shape index (κ3) is 6.54. The molecule has 2 aliphatic heterocycles. The molecule has 0 radical (unpaired) electrons. The van der Waals surface area contributed by atoms with Gasteiger partial charge in [0.2, 0.25) is 11.8 Å². The number of benzene rings is 1. The maximum Gasteiger partial charge on any atom is 0.330 e. The first-order valence-electron chi connectivity index (χ1n) is 12.0. The average molecular weight is 621 g/mol. The number of amides is 2. The van der Waals surface area contributed by atoms with Crippen molar-refractivity contribution in [3.8, 4) is 0 Å². The Kier molecular flexibility index (Phi) is 9.44. The van der Waals surface area contributed by atoms with Crippen LogP contribution in [0.15, 0.2) is 45.8 Å². The van der Waals surface area contributed by atoms with Crippen molar-refractivity contribution in [3.63, 3.8) is 0 Å². The van der Waals surface area contributed by atoms with Crippen molar-refractivity contribution in [1.29, 1.82) is 0 Å². The quantitative estimate of drug-likeness (QED) is 0.342. The number of carbonyl (C=O) groups is 3. The zero-order chi connectivity index (χ0) is 26.1. The first kappa shape index (κ1) is 29.6. The van der Waals surface area contributed by atoms with E-state index in [4.69, 9.17) is 9.92 Å². The van der Waals surface area contributed by atoms with Crippen molar-refractivity contribution in [2.24, 2.45) is 11.7 Å². The molecule has 2 heterocycles. The van der Waals surface area contributed by atoms with E-state index in [0.717, 1.165) is 25.7 Å². The number of carboxylic acids is 1. The molecule has 2 fully saturated rings. The lowest BCUT2D eigenvalue weighted by molar-refractivity contribution is -0.145. The van der Waals surface area contributed by atoms with E-state index >= 15 is 0 Å². The van der Waals surface area contributed by atoms with Gasteiger partial charge in [0.15, 0.2) is 0 Å². The zero-order valence-electron chi connectivity index (χ0n) is 20.0. The van der Waals surface area contributed by atoms with Crippen LogP contribution in [0, 0.1) is 5.92 Å². The molecule has 0 spiro atoms. The van der Waals surface area contributed by atoms with Crippen LogP contribution in [0.5, 0.6) is 0 Å². The van der Waals surface area contributed by atoms with Crippen LogP contribution in [0.4, 0.5) is 0 Å². The minimum atomic E-state index is -4.16. The van der Waals surface area contributed by atoms with E-state index in [1.54, 1.807) is 12.1 Å². The highest BCUT2D eigenvalue weighted by Crippen LogP contribution is 2.45. The highest BCUT2D eigenvalue weighted by Gasteiger charge is 2.61. The molecule has 0 bridgehead atoms. The SMILES string of the molecule is Cl.N[C@H]1CCCCC/C=C\[C@@H]2C[C@@]2(C(=O)O)NC(=O)[C@@H]2C[C@H](OS(=O)(=O)c3ccc(Br)cc3)CN2C1=O. The van der Waals surface area contributed by atoms with E-state index in [1.807, 2.05) is 12.2 Å². The maximum absolute atomic E-state index is 13.3. The molecule has 3 aliphatic rings. The Bertz CT molecular complexity index is 1160. The summed E-state index contributed by atoms with van der Waals surface area (Å²) < 4.78 is 31.8. The van der Waals surface area contributed by atoms with Gasteiger partial charge in [-0.3, -0.25) is 13.8 Å². The highest BCUT2D eigenvalue weighted by atomic mass is 79.9. The van der Waals surface area contributed by atoms with Crippen molar-refractivity contribution in [3.05, 3.63) is 40.9 Å². The number of nitrogens with zero attached hydrogens (tertiary/aromatic N) is 1. The summed E-state index contributed by atoms with van der Waals surface area (Å²) in [5, 5.41) is 12.5. The molecule has 4 N–H and O–H groups in total. The first-order valence-corrected chi connectivity index (χ1v) is 14.2. The number of hydrogen-bond acceptors (Lipinski definition) is 7. The maximum atomic E-state index is 13.3. The van der Waals surface area contributed by atoms with Crippen molar-refractivity contribution >= 4 is 56.2 Å². The molecule has 37 heavy (non-hydrogen) atoms. The van der Waals surface area contributed by atoms with Gasteiger partial charge in [-0.05, 0) is 49.9 Å². The number of rotatable bonds is 4. The minimum absolute atomic E-state index is 0. The Labute approximate surface area is 230 Å². The summed E-state index contributed by atoms with van der Waals surface area (Å²) >= 11 is 3.25. The lowest BCUT2D eigenvalue weighted by Crippen LogP contribution is -2.55. The monoisotopic (exact) mass is 619 g/mol. The molecule has 1 aliphatic carbocycles. The van der Waals surface area contributed by atoms with Crippen LogP contribution >= 0.6 is 28.3 Å². The largest absolute Gasteiger partial charge is 0.479 e. The molecule has 204 valence electrons. The van der Waals surface area contributed by atoms with Crippen LogP contribution in [0.25, 0.3) is 0 Å². The molecule has 1 aromatic rings. The number of carboxylic acid groups (broad SMARTS) is 1. The van der Waals surface area contributed by atoms with E-state index in [2.05, 4.69) is 21.2 Å². The molecule has 13 heteroatoms. The fraction of sp³-hybridized carbons (Fsp3) is 0.542. The normalized spacial score (nSPS) is 31.6. The Hall–Kier alpha value is -1.99. The summed E-state index contributed by atoms with van der Waals surface area (Å²) in [6.07, 6.45) is 6.61. The van der Waals surface area contributed by atoms with Crippen LogP contribution in [0.1, 0.15) is 44.9 Å². The lowest BCUT2D eigenvalue weighted by atomic mass is 10.1. The molecule has 5 atom stereocenters. The van der Waals surface area contributed by atoms with E-state index < -0.39 is 51.6 Å². The topological polar surface area (TPSA) is 156 Å². The summed E-state index contributed by atoms with van der Waals surface area (Å²) in [5.74, 6) is -2.63. The third-order valence-corrected chi connectivity index (χ3v) is 8.93. The van der Waals surface area contributed by atoms with Gasteiger partial charge < -0.3 is 21.1 Å². The van der Waals surface area contributed by atoms with Gasteiger partial charge in [0.05, 0.1) is 17.0 Å². The highest BCUT2D eigenvalue weighted by molar-refractivity contribution is 9.10. The van der Waals surface area contributed by atoms with E-state index in [9.17, 15) is 27.9 Å². The number of halogens is 2. The molecule has 1 aromatic carbocycles. The lowest BCUT2D eigenvalue weighted by Gasteiger charge is -2.27. The van der Waals surface area contributed by atoms with Crippen LogP contribution in [0.3, 0.4) is 0 Å². The van der Waals surface area contributed by atoms with Gasteiger partial charge in [-0.2, -0.15) is 8.42 Å². The molecule has 1 saturated carbocycles. The van der Waals surface area contributed by atoms with Gasteiger partial charge in [0.1, 0.15) is 11.6 Å². The Balaban J connectivity index is 0.00000380. The smallest absolute Gasteiger partial charge is 0.330 e. The van der Waals surface area contributed by atoms with Crippen LogP contribution < -0.4 is 11.1 Å². The van der Waals surface area contributed by atoms with Crippen molar-refractivity contribution in [2.75, 3.05) is 6.54 Å². The second-order valence-electron chi connectivity index (χ2n) is 9.62. The first-order chi connectivity index (χ1) is 17.0. The standard InChI is InChI=1S/C24H30BrN3O7S.ClH/c25-16-8-10-18(11-9-16)36(33,34)35-17-12-20-21(29)27-24(23(31)32)13-15(24)6-4-2-1-3-5-7-19(26)22(30)28(20)14-17;/h4,6,8-11,15,17,19-20H,1-3,5,7,12-14,26H2,(H,27,29)(H,31,32);1H/b6-4-;/t15-,17+,19+,20+,24-;/m1./s1. The molecule has 0 unspecified atom stereocenters. The Morgan fingerprint density at radius 2 is 1.89 bits per heavy atom. The number of aliphatic carboxylic acids is 1. The molecule has 0 aromatic heterocycles. The second kappa shape index (κ2) is 11.8. The Morgan fingerprint density at radius 1 is 1.19 bits per heavy atom. The average Bonchev–Trinajstić information content (AvgIpc) is 3.36. The number of allylic oxidation sites excluding steroid dienone is 1. The summed E-state index contributed by atoms with van der Waals surface area (Å²) in [4.78, 5) is 39.8. The van der Waals surface area contributed by atoms with Crippen molar-refractivity contribution in [2.45, 2.75) is 73.6 Å². The van der Waals surface area contributed by atoms with Gasteiger partial charge in [-0.1, -0.05) is 40.9 Å². The number of hydrogen-bond donors (Lipinski definition) is 3. The molecule has 1 saturated heterocycles. The number of fused-ring (bicyclic) bond motifs is 2. The minimum Gasteiger partial charge on any atom is -0.479 e. The Morgan fingerprint density at radius 3 is 2.57 bits per heavy atom. The van der Waals surface area contributed by atoms with Crippen molar-refractivity contribution < 1.29 is 32.1 Å². The fourth-order valence-electron chi connectivity index (χ4n) is 4.86. The molecule has 2 amide bonds. The zero-order valence-corrected chi connectivity index (χ0v) is 23.3. The third-order valence-electron chi connectivity index (χ3n) is 7.03. The summed E-state index contributed by atoms with van der Waals surface area (Å²) in [5.41, 5.74) is 4.72. The summed E-state index contributed by atoms with van der Waals surface area (Å²) in [6.45, 7) is -0.149. The predicted octanol–water partition coefficient (Wildman–Crippen LogP) is 2.35. The van der Waals surface area contributed by atoms with Gasteiger partial charge in [0, 0.05) is 23.4 Å². The number of nitrogens with one attached hydrogen (secondary N) is 1. The number of carbonyl (C=O) groups excluding carboxylic acids is 2. The van der Waals surface area contributed by atoms with E-state index in [0.29, 0.717) is 10.9 Å². The predicted molar refractivity (Wildman–Crippen MR) is 140 cm³/mol. The van der Waals surface area contributed by atoms with Crippen LogP contribution in [0.2, 0.25) is 0 Å². The second-order valence-corrected chi connectivity index (χ2v) is 12.1. The fourth-order valence-corrected chi connectivity index (χ4v) is 6.20. The van der Waals surface area contributed by atoms with E-state index in [-0.39, 0.29) is 42.6 Å². The summed E-state index contributed by atoms with van der Waals surface area (Å²) in [7, 11) is -4.16. The number of nitrogens with two attached hydrogens (primary N) is 1. The van der Waals surface area contributed by atoms with Gasteiger partial charge in [0.25, 0.3) is 10.1 Å².